The topological polar surface area (TPSA) is 65.4 Å². The van der Waals surface area contributed by atoms with Crippen molar-refractivity contribution in [2.24, 2.45) is 0 Å². The van der Waals surface area contributed by atoms with Crippen molar-refractivity contribution in [3.05, 3.63) is 40.0 Å². The maximum absolute atomic E-state index is 12.5. The highest BCUT2D eigenvalue weighted by Gasteiger charge is 2.27. The Labute approximate surface area is 145 Å². The Hall–Kier alpha value is -1.84. The van der Waals surface area contributed by atoms with E-state index in [1.54, 1.807) is 4.90 Å². The van der Waals surface area contributed by atoms with Crippen LogP contribution < -0.4 is 5.32 Å². The predicted molar refractivity (Wildman–Crippen MR) is 92.8 cm³/mol. The van der Waals surface area contributed by atoms with Gasteiger partial charge in [0.1, 0.15) is 11.6 Å². The number of nitrogens with one attached hydrogen (secondary N) is 1. The molecule has 1 amide bonds. The molecule has 23 heavy (non-hydrogen) atoms. The molecule has 2 rings (SSSR count). The summed E-state index contributed by atoms with van der Waals surface area (Å²) in [5.41, 5.74) is 2.01. The van der Waals surface area contributed by atoms with Gasteiger partial charge in [0.25, 0.3) is 5.91 Å². The molecular weight excluding hydrogens is 358 g/mol. The van der Waals surface area contributed by atoms with Crippen molar-refractivity contribution in [2.45, 2.75) is 33.0 Å². The normalized spacial score (nSPS) is 21.7. The number of carbonyl (C=O) groups is 1. The number of nitriles is 1. The van der Waals surface area contributed by atoms with Crippen LogP contribution >= 0.6 is 15.9 Å². The summed E-state index contributed by atoms with van der Waals surface area (Å²) in [4.78, 5) is 14.2. The van der Waals surface area contributed by atoms with Gasteiger partial charge in [-0.25, -0.2) is 0 Å². The molecule has 1 aliphatic rings. The fourth-order valence-corrected chi connectivity index (χ4v) is 3.15. The molecule has 0 aromatic heterocycles. The lowest BCUT2D eigenvalue weighted by Crippen LogP contribution is -2.48. The number of carbonyl (C=O) groups excluding carboxylic acids is 1. The number of benzene rings is 1. The number of hydrogen-bond donors (Lipinski definition) is 1. The summed E-state index contributed by atoms with van der Waals surface area (Å²) >= 11 is 3.46. The van der Waals surface area contributed by atoms with Crippen LogP contribution in [0.25, 0.3) is 0 Å². The van der Waals surface area contributed by atoms with Gasteiger partial charge in [-0.05, 0) is 54.4 Å². The molecule has 2 atom stereocenters. The molecule has 5 nitrogen and oxygen atoms in total. The first-order valence-corrected chi connectivity index (χ1v) is 8.27. The predicted octanol–water partition coefficient (Wildman–Crippen LogP) is 3.21. The van der Waals surface area contributed by atoms with Gasteiger partial charge in [-0.15, -0.1) is 0 Å². The molecule has 0 bridgehead atoms. The fourth-order valence-electron chi connectivity index (χ4n) is 2.54. The van der Waals surface area contributed by atoms with Gasteiger partial charge in [0.2, 0.25) is 0 Å². The second kappa shape index (κ2) is 7.62. The van der Waals surface area contributed by atoms with E-state index >= 15 is 0 Å². The van der Waals surface area contributed by atoms with E-state index < -0.39 is 0 Å². The average molecular weight is 378 g/mol. The number of amides is 1. The summed E-state index contributed by atoms with van der Waals surface area (Å²) in [6, 6.07) is 7.80. The third-order valence-corrected chi connectivity index (χ3v) is 4.21. The number of rotatable bonds is 3. The van der Waals surface area contributed by atoms with Gasteiger partial charge in [-0.1, -0.05) is 6.07 Å². The number of halogens is 1. The highest BCUT2D eigenvalue weighted by molar-refractivity contribution is 9.10. The summed E-state index contributed by atoms with van der Waals surface area (Å²) < 4.78 is 6.50. The molecule has 1 fully saturated rings. The van der Waals surface area contributed by atoms with Gasteiger partial charge < -0.3 is 15.0 Å². The average Bonchev–Trinajstić information content (AvgIpc) is 2.48. The van der Waals surface area contributed by atoms with Gasteiger partial charge in [-0.3, -0.25) is 4.79 Å². The molecule has 1 heterocycles. The number of ether oxygens (including phenoxy) is 1. The Morgan fingerprint density at radius 3 is 2.65 bits per heavy atom. The highest BCUT2D eigenvalue weighted by atomic mass is 79.9. The minimum Gasteiger partial charge on any atom is -0.372 e. The summed E-state index contributed by atoms with van der Waals surface area (Å²) in [5.74, 6) is -0.273. The molecule has 0 radical (unpaired) electrons. The van der Waals surface area contributed by atoms with E-state index in [9.17, 15) is 10.1 Å². The van der Waals surface area contributed by atoms with Gasteiger partial charge in [0.05, 0.1) is 17.9 Å². The quantitative estimate of drug-likeness (QED) is 0.648. The van der Waals surface area contributed by atoms with Crippen molar-refractivity contribution >= 4 is 27.5 Å². The standard InChI is InChI=1S/C17H20BrN3O2/c1-11-4-5-16(15(18)6-11)20-8-14(7-19)17(22)21-9-12(2)23-13(3)10-21/h4-6,8,12-13,20H,9-10H2,1-3H3/b14-8-. The molecule has 2 unspecified atom stereocenters. The van der Waals surface area contributed by atoms with Crippen LogP contribution in [-0.2, 0) is 9.53 Å². The van der Waals surface area contributed by atoms with E-state index in [0.717, 1.165) is 15.7 Å². The molecule has 1 N–H and O–H groups in total. The van der Waals surface area contributed by atoms with Crippen LogP contribution in [0.1, 0.15) is 19.4 Å². The lowest BCUT2D eigenvalue weighted by molar-refractivity contribution is -0.138. The zero-order valence-electron chi connectivity index (χ0n) is 13.5. The Bertz CT molecular complexity index is 656. The summed E-state index contributed by atoms with van der Waals surface area (Å²) in [7, 11) is 0. The van der Waals surface area contributed by atoms with Gasteiger partial charge in [-0.2, -0.15) is 5.26 Å². The molecule has 0 spiro atoms. The monoisotopic (exact) mass is 377 g/mol. The maximum atomic E-state index is 12.5. The van der Waals surface area contributed by atoms with Crippen molar-refractivity contribution in [1.82, 2.24) is 4.90 Å². The molecule has 1 saturated heterocycles. The van der Waals surface area contributed by atoms with Crippen molar-refractivity contribution in [3.63, 3.8) is 0 Å². The van der Waals surface area contributed by atoms with Gasteiger partial charge >= 0.3 is 0 Å². The van der Waals surface area contributed by atoms with Crippen molar-refractivity contribution in [1.29, 1.82) is 5.26 Å². The Morgan fingerprint density at radius 2 is 2.09 bits per heavy atom. The Morgan fingerprint density at radius 1 is 1.43 bits per heavy atom. The molecule has 1 aromatic carbocycles. The van der Waals surface area contributed by atoms with Crippen LogP contribution in [0.4, 0.5) is 5.69 Å². The van der Waals surface area contributed by atoms with E-state index in [1.165, 1.54) is 6.20 Å². The largest absolute Gasteiger partial charge is 0.372 e. The van der Waals surface area contributed by atoms with Crippen LogP contribution in [0.5, 0.6) is 0 Å². The van der Waals surface area contributed by atoms with E-state index in [-0.39, 0.29) is 23.7 Å². The molecule has 0 saturated carbocycles. The lowest BCUT2D eigenvalue weighted by atomic mass is 10.2. The first kappa shape index (κ1) is 17.5. The molecule has 122 valence electrons. The molecule has 1 aliphatic heterocycles. The van der Waals surface area contributed by atoms with E-state index in [1.807, 2.05) is 45.0 Å². The van der Waals surface area contributed by atoms with Crippen LogP contribution in [-0.4, -0.2) is 36.1 Å². The highest BCUT2D eigenvalue weighted by Crippen LogP contribution is 2.23. The molecule has 6 heteroatoms. The molecule has 0 aliphatic carbocycles. The SMILES string of the molecule is Cc1ccc(N/C=C(/C#N)C(=O)N2CC(C)OC(C)C2)c(Br)c1. The van der Waals surface area contributed by atoms with Crippen molar-refractivity contribution in [3.8, 4) is 6.07 Å². The Balaban J connectivity index is 2.12. The van der Waals surface area contributed by atoms with Crippen LogP contribution in [0, 0.1) is 18.3 Å². The third kappa shape index (κ3) is 4.57. The maximum Gasteiger partial charge on any atom is 0.266 e. The zero-order valence-corrected chi connectivity index (χ0v) is 15.1. The first-order chi connectivity index (χ1) is 10.9. The van der Waals surface area contributed by atoms with Gasteiger partial charge in [0, 0.05) is 23.8 Å². The van der Waals surface area contributed by atoms with Gasteiger partial charge in [0.15, 0.2) is 0 Å². The third-order valence-electron chi connectivity index (χ3n) is 3.55. The second-order valence-corrected chi connectivity index (χ2v) is 6.62. The summed E-state index contributed by atoms with van der Waals surface area (Å²) in [6.07, 6.45) is 1.41. The zero-order chi connectivity index (χ0) is 17.0. The minimum absolute atomic E-state index is 0.0261. The van der Waals surface area contributed by atoms with E-state index in [4.69, 9.17) is 4.74 Å². The number of morpholine rings is 1. The number of anilines is 1. The van der Waals surface area contributed by atoms with Crippen molar-refractivity contribution in [2.75, 3.05) is 18.4 Å². The van der Waals surface area contributed by atoms with Crippen LogP contribution in [0.2, 0.25) is 0 Å². The first-order valence-electron chi connectivity index (χ1n) is 7.48. The molecular formula is C17H20BrN3O2. The van der Waals surface area contributed by atoms with E-state index in [0.29, 0.717) is 13.1 Å². The number of aryl methyl sites for hydroxylation is 1. The number of hydrogen-bond acceptors (Lipinski definition) is 4. The fraction of sp³-hybridized carbons (Fsp3) is 0.412. The Kier molecular flexibility index (Phi) is 5.80. The smallest absolute Gasteiger partial charge is 0.266 e. The summed E-state index contributed by atoms with van der Waals surface area (Å²) in [5, 5.41) is 12.3. The lowest BCUT2D eigenvalue weighted by Gasteiger charge is -2.35. The van der Waals surface area contributed by atoms with Crippen LogP contribution in [0.3, 0.4) is 0 Å². The number of nitrogens with zero attached hydrogens (tertiary/aromatic N) is 2. The molecule has 1 aromatic rings. The van der Waals surface area contributed by atoms with Crippen molar-refractivity contribution < 1.29 is 9.53 Å². The minimum atomic E-state index is -0.273. The van der Waals surface area contributed by atoms with E-state index in [2.05, 4.69) is 21.2 Å². The summed E-state index contributed by atoms with van der Waals surface area (Å²) in [6.45, 7) is 6.84. The second-order valence-electron chi connectivity index (χ2n) is 5.76. The van der Waals surface area contributed by atoms with Crippen LogP contribution in [0.15, 0.2) is 34.4 Å².